The lowest BCUT2D eigenvalue weighted by atomic mass is 9.82. The van der Waals surface area contributed by atoms with Gasteiger partial charge in [0.1, 0.15) is 18.2 Å². The molecule has 2 heterocycles. The molecule has 0 bridgehead atoms. The van der Waals surface area contributed by atoms with Crippen LogP contribution in [-0.4, -0.2) is 28.3 Å². The Kier molecular flexibility index (Phi) is 7.07. The van der Waals surface area contributed by atoms with E-state index < -0.39 is 11.9 Å². The van der Waals surface area contributed by atoms with Crippen LogP contribution in [0.2, 0.25) is 0 Å². The van der Waals surface area contributed by atoms with Gasteiger partial charge in [-0.2, -0.15) is 0 Å². The second kappa shape index (κ2) is 10.2. The number of carbonyl (C=O) groups is 1. The molecule has 0 aliphatic carbocycles. The zero-order chi connectivity index (χ0) is 24.2. The van der Waals surface area contributed by atoms with Crippen molar-refractivity contribution in [2.75, 3.05) is 11.6 Å². The summed E-state index contributed by atoms with van der Waals surface area (Å²) < 4.78 is 11.4. The van der Waals surface area contributed by atoms with Crippen LogP contribution in [0.5, 0.6) is 5.75 Å². The Labute approximate surface area is 202 Å². The summed E-state index contributed by atoms with van der Waals surface area (Å²) in [5, 5.41) is 3.64. The van der Waals surface area contributed by atoms with Gasteiger partial charge in [-0.3, -0.25) is 4.79 Å². The topological polar surface area (TPSA) is 93.3 Å². The first-order valence-electron chi connectivity index (χ1n) is 11.0. The molecule has 34 heavy (non-hydrogen) atoms. The normalized spacial score (nSPS) is 15.0. The summed E-state index contributed by atoms with van der Waals surface area (Å²) in [4.78, 5) is 33.5. The molecule has 1 atom stereocenters. The Hall–Kier alpha value is -3.52. The Morgan fingerprint density at radius 3 is 2.47 bits per heavy atom. The van der Waals surface area contributed by atoms with Gasteiger partial charge in [0.15, 0.2) is 5.16 Å². The van der Waals surface area contributed by atoms with Gasteiger partial charge in [-0.15, -0.1) is 0 Å². The molecule has 8 heteroatoms. The Bertz CT molecular complexity index is 1270. The van der Waals surface area contributed by atoms with Crippen molar-refractivity contribution < 1.29 is 14.3 Å². The number of anilines is 1. The predicted octanol–water partition coefficient (Wildman–Crippen LogP) is 4.85. The van der Waals surface area contributed by atoms with Gasteiger partial charge >= 0.3 is 5.97 Å². The maximum Gasteiger partial charge on any atom is 0.337 e. The minimum absolute atomic E-state index is 0.293. The van der Waals surface area contributed by atoms with Crippen molar-refractivity contribution >= 4 is 23.5 Å². The molecule has 1 aromatic heterocycles. The molecule has 3 aromatic rings. The highest BCUT2D eigenvalue weighted by atomic mass is 32.2. The van der Waals surface area contributed by atoms with Gasteiger partial charge in [0.2, 0.25) is 0 Å². The number of nitrogens with one attached hydrogen (secondary N) is 2. The highest BCUT2D eigenvalue weighted by Crippen LogP contribution is 2.40. The van der Waals surface area contributed by atoms with Gasteiger partial charge in [0, 0.05) is 5.70 Å². The molecular weight excluding hydrogens is 450 g/mol. The van der Waals surface area contributed by atoms with Crippen LogP contribution >= 0.6 is 11.8 Å². The molecule has 176 valence electrons. The molecule has 1 unspecified atom stereocenters. The number of H-pyrrole nitrogens is 1. The number of benzene rings is 2. The molecule has 0 spiro atoms. The molecule has 1 aliphatic rings. The van der Waals surface area contributed by atoms with Crippen LogP contribution < -0.4 is 15.6 Å². The van der Waals surface area contributed by atoms with Crippen LogP contribution in [0, 0.1) is 0 Å². The summed E-state index contributed by atoms with van der Waals surface area (Å²) in [6.45, 7) is 5.84. The standard InChI is InChI=1S/C26H27N3O4S/c1-15(2)33-25(31)20-16(3)27-23-22(24(30)29-26(28-23)34-4)21(20)18-10-12-19(13-11-18)32-14-17-8-6-5-7-9-17/h5-13,15,21H,14H2,1-4H3,(H2,27,28,29,30). The van der Waals surface area contributed by atoms with Crippen LogP contribution in [0.1, 0.15) is 43.4 Å². The Balaban J connectivity index is 1.72. The summed E-state index contributed by atoms with van der Waals surface area (Å²) in [7, 11) is 0. The van der Waals surface area contributed by atoms with Crippen molar-refractivity contribution in [3.63, 3.8) is 0 Å². The number of nitrogens with zero attached hydrogens (tertiary/aromatic N) is 1. The first-order valence-corrected chi connectivity index (χ1v) is 12.2. The van der Waals surface area contributed by atoms with Crippen LogP contribution in [0.3, 0.4) is 0 Å². The van der Waals surface area contributed by atoms with Gasteiger partial charge < -0.3 is 19.8 Å². The molecule has 0 amide bonds. The number of aromatic amines is 1. The number of esters is 1. The maximum absolute atomic E-state index is 13.1. The zero-order valence-electron chi connectivity index (χ0n) is 19.5. The smallest absolute Gasteiger partial charge is 0.337 e. The van der Waals surface area contributed by atoms with Gasteiger partial charge in [-0.05, 0) is 50.3 Å². The van der Waals surface area contributed by atoms with Crippen LogP contribution in [0.15, 0.2) is 75.8 Å². The summed E-state index contributed by atoms with van der Waals surface area (Å²) in [5.41, 5.74) is 2.93. The van der Waals surface area contributed by atoms with Crippen molar-refractivity contribution in [2.45, 2.75) is 44.6 Å². The largest absolute Gasteiger partial charge is 0.489 e. The third kappa shape index (κ3) is 5.02. The molecule has 2 N–H and O–H groups in total. The molecule has 2 aromatic carbocycles. The molecule has 0 fully saturated rings. The number of allylic oxidation sites excluding steroid dienone is 1. The van der Waals surface area contributed by atoms with E-state index >= 15 is 0 Å². The fourth-order valence-corrected chi connectivity index (χ4v) is 4.28. The van der Waals surface area contributed by atoms with E-state index in [1.165, 1.54) is 11.8 Å². The first-order chi connectivity index (χ1) is 16.4. The van der Waals surface area contributed by atoms with Crippen LogP contribution in [0.25, 0.3) is 0 Å². The third-order valence-electron chi connectivity index (χ3n) is 5.44. The van der Waals surface area contributed by atoms with Crippen molar-refractivity contribution in [3.05, 3.63) is 92.9 Å². The number of hydrogen-bond acceptors (Lipinski definition) is 7. The lowest BCUT2D eigenvalue weighted by Crippen LogP contribution is -2.31. The van der Waals surface area contributed by atoms with Crippen molar-refractivity contribution in [1.29, 1.82) is 0 Å². The average molecular weight is 478 g/mol. The minimum atomic E-state index is -0.627. The van der Waals surface area contributed by atoms with Crippen molar-refractivity contribution in [1.82, 2.24) is 9.97 Å². The fourth-order valence-electron chi connectivity index (χ4n) is 3.91. The fraction of sp³-hybridized carbons (Fsp3) is 0.269. The second-order valence-electron chi connectivity index (χ2n) is 8.23. The number of carbonyl (C=O) groups excluding carboxylic acids is 1. The number of rotatable bonds is 7. The summed E-state index contributed by atoms with van der Waals surface area (Å²) in [6, 6.07) is 17.3. The van der Waals surface area contributed by atoms with E-state index in [0.717, 1.165) is 11.1 Å². The maximum atomic E-state index is 13.1. The van der Waals surface area contributed by atoms with Crippen molar-refractivity contribution in [2.24, 2.45) is 0 Å². The molecule has 0 radical (unpaired) electrons. The molecule has 0 saturated carbocycles. The number of ether oxygens (including phenoxy) is 2. The van der Waals surface area contributed by atoms with Gasteiger partial charge in [-0.25, -0.2) is 9.78 Å². The van der Waals surface area contributed by atoms with E-state index in [1.54, 1.807) is 20.8 Å². The number of fused-ring (bicyclic) bond motifs is 1. The zero-order valence-corrected chi connectivity index (χ0v) is 20.4. The van der Waals surface area contributed by atoms with Gasteiger partial charge in [0.05, 0.1) is 23.2 Å². The first kappa shape index (κ1) is 23.6. The van der Waals surface area contributed by atoms with Crippen molar-refractivity contribution in [3.8, 4) is 5.75 Å². The molecule has 1 aliphatic heterocycles. The Morgan fingerprint density at radius 1 is 1.12 bits per heavy atom. The minimum Gasteiger partial charge on any atom is -0.489 e. The van der Waals surface area contributed by atoms with E-state index in [0.29, 0.717) is 40.2 Å². The van der Waals surface area contributed by atoms with Crippen LogP contribution in [-0.2, 0) is 16.1 Å². The van der Waals surface area contributed by atoms with E-state index in [9.17, 15) is 9.59 Å². The highest BCUT2D eigenvalue weighted by Gasteiger charge is 2.36. The third-order valence-corrected chi connectivity index (χ3v) is 6.02. The van der Waals surface area contributed by atoms with Gasteiger partial charge in [-0.1, -0.05) is 54.2 Å². The lowest BCUT2D eigenvalue weighted by Gasteiger charge is -2.29. The average Bonchev–Trinajstić information content (AvgIpc) is 2.82. The monoisotopic (exact) mass is 477 g/mol. The van der Waals surface area contributed by atoms with E-state index in [2.05, 4.69) is 15.3 Å². The molecular formula is C26H27N3O4S. The summed E-state index contributed by atoms with van der Waals surface area (Å²) in [6.07, 6.45) is 1.55. The number of hydrogen-bond donors (Lipinski definition) is 2. The lowest BCUT2D eigenvalue weighted by molar-refractivity contribution is -0.143. The summed E-state index contributed by atoms with van der Waals surface area (Å²) >= 11 is 1.34. The van der Waals surface area contributed by atoms with E-state index in [-0.39, 0.29) is 11.7 Å². The molecule has 4 rings (SSSR count). The molecule has 7 nitrogen and oxygen atoms in total. The summed E-state index contributed by atoms with van der Waals surface area (Å²) in [5.74, 6) is 0.0471. The number of aromatic nitrogens is 2. The van der Waals surface area contributed by atoms with Gasteiger partial charge in [0.25, 0.3) is 5.56 Å². The second-order valence-corrected chi connectivity index (χ2v) is 9.03. The molecule has 0 saturated heterocycles. The van der Waals surface area contributed by atoms with E-state index in [4.69, 9.17) is 9.47 Å². The highest BCUT2D eigenvalue weighted by molar-refractivity contribution is 7.98. The quantitative estimate of drug-likeness (QED) is 0.285. The predicted molar refractivity (Wildman–Crippen MR) is 133 cm³/mol. The van der Waals surface area contributed by atoms with Crippen LogP contribution in [0.4, 0.5) is 5.82 Å². The SMILES string of the molecule is CSc1nc2c(c(=O)[nH]1)C(c1ccc(OCc3ccccc3)cc1)C(C(=O)OC(C)C)=C(C)N2. The Morgan fingerprint density at radius 2 is 1.82 bits per heavy atom. The van der Waals surface area contributed by atoms with E-state index in [1.807, 2.05) is 60.9 Å². The number of thioether (sulfide) groups is 1.